The molecule has 0 spiro atoms. The number of Topliss-reactive ketones (excluding diaryl/α,β-unsaturated/α-hetero) is 1. The van der Waals surface area contributed by atoms with Crippen LogP contribution in [0.4, 0.5) is 0 Å². The van der Waals surface area contributed by atoms with Crippen molar-refractivity contribution < 1.29 is 4.79 Å². The SMILES string of the molecule is CN[C@@H](Cc1ccc(Br)nc1)C(C)=O. The largest absolute Gasteiger partial charge is 0.310 e. The van der Waals surface area contributed by atoms with E-state index in [9.17, 15) is 4.79 Å². The van der Waals surface area contributed by atoms with E-state index in [2.05, 4.69) is 26.2 Å². The molecule has 0 aliphatic heterocycles. The normalized spacial score (nSPS) is 12.5. The Labute approximate surface area is 92.1 Å². The number of hydrogen-bond acceptors (Lipinski definition) is 3. The van der Waals surface area contributed by atoms with Crippen molar-refractivity contribution in [2.75, 3.05) is 7.05 Å². The number of ketones is 1. The van der Waals surface area contributed by atoms with E-state index < -0.39 is 0 Å². The van der Waals surface area contributed by atoms with Gasteiger partial charge in [0.1, 0.15) is 10.4 Å². The van der Waals surface area contributed by atoms with Crippen LogP contribution in [0.25, 0.3) is 0 Å². The third-order valence-electron chi connectivity index (χ3n) is 2.07. The van der Waals surface area contributed by atoms with Gasteiger partial charge >= 0.3 is 0 Å². The first-order valence-electron chi connectivity index (χ1n) is 4.41. The number of aromatic nitrogens is 1. The van der Waals surface area contributed by atoms with Crippen LogP contribution in [0, 0.1) is 0 Å². The Morgan fingerprint density at radius 2 is 2.36 bits per heavy atom. The van der Waals surface area contributed by atoms with E-state index in [4.69, 9.17) is 0 Å². The fourth-order valence-corrected chi connectivity index (χ4v) is 1.45. The highest BCUT2D eigenvalue weighted by Gasteiger charge is 2.11. The lowest BCUT2D eigenvalue weighted by Crippen LogP contribution is -2.34. The fourth-order valence-electron chi connectivity index (χ4n) is 1.21. The van der Waals surface area contributed by atoms with E-state index in [1.807, 2.05) is 12.1 Å². The van der Waals surface area contributed by atoms with E-state index >= 15 is 0 Å². The molecule has 0 aromatic carbocycles. The molecule has 0 bridgehead atoms. The van der Waals surface area contributed by atoms with Gasteiger partial charge in [-0.25, -0.2) is 4.98 Å². The van der Waals surface area contributed by atoms with Crippen molar-refractivity contribution in [1.29, 1.82) is 0 Å². The van der Waals surface area contributed by atoms with Gasteiger partial charge in [-0.1, -0.05) is 6.07 Å². The van der Waals surface area contributed by atoms with Crippen molar-refractivity contribution in [3.8, 4) is 0 Å². The van der Waals surface area contributed by atoms with Gasteiger partial charge in [-0.15, -0.1) is 0 Å². The van der Waals surface area contributed by atoms with Crippen molar-refractivity contribution in [3.05, 3.63) is 28.5 Å². The molecule has 76 valence electrons. The second kappa shape index (κ2) is 5.22. The molecule has 0 aliphatic rings. The summed E-state index contributed by atoms with van der Waals surface area (Å²) in [5, 5.41) is 2.98. The molecular formula is C10H13BrN2O. The molecule has 4 heteroatoms. The van der Waals surface area contributed by atoms with Gasteiger partial charge in [0.15, 0.2) is 0 Å². The minimum Gasteiger partial charge on any atom is -0.310 e. The van der Waals surface area contributed by atoms with Crippen molar-refractivity contribution in [2.24, 2.45) is 0 Å². The van der Waals surface area contributed by atoms with Crippen LogP contribution in [0.15, 0.2) is 22.9 Å². The lowest BCUT2D eigenvalue weighted by atomic mass is 10.1. The third kappa shape index (κ3) is 3.20. The summed E-state index contributed by atoms with van der Waals surface area (Å²) in [5.41, 5.74) is 1.06. The summed E-state index contributed by atoms with van der Waals surface area (Å²) < 4.78 is 0.810. The molecule has 3 nitrogen and oxygen atoms in total. The summed E-state index contributed by atoms with van der Waals surface area (Å²) in [6.45, 7) is 1.59. The standard InChI is InChI=1S/C10H13BrN2O/c1-7(14)9(12-2)5-8-3-4-10(11)13-6-8/h3-4,6,9,12H,5H2,1-2H3/t9-/m0/s1. The quantitative estimate of drug-likeness (QED) is 0.832. The summed E-state index contributed by atoms with van der Waals surface area (Å²) in [6, 6.07) is 3.73. The topological polar surface area (TPSA) is 42.0 Å². The third-order valence-corrected chi connectivity index (χ3v) is 2.54. The molecule has 1 N–H and O–H groups in total. The lowest BCUT2D eigenvalue weighted by Gasteiger charge is -2.11. The van der Waals surface area contributed by atoms with Gasteiger partial charge in [0.25, 0.3) is 0 Å². The Kier molecular flexibility index (Phi) is 4.22. The van der Waals surface area contributed by atoms with E-state index in [0.29, 0.717) is 6.42 Å². The van der Waals surface area contributed by atoms with Gasteiger partial charge < -0.3 is 5.32 Å². The van der Waals surface area contributed by atoms with Crippen molar-refractivity contribution >= 4 is 21.7 Å². The van der Waals surface area contributed by atoms with Crippen LogP contribution in [0.3, 0.4) is 0 Å². The maximum absolute atomic E-state index is 11.2. The number of rotatable bonds is 4. The van der Waals surface area contributed by atoms with Gasteiger partial charge in [-0.05, 0) is 48.0 Å². The van der Waals surface area contributed by atoms with E-state index in [-0.39, 0.29) is 11.8 Å². The zero-order valence-corrected chi connectivity index (χ0v) is 9.84. The molecule has 14 heavy (non-hydrogen) atoms. The van der Waals surface area contributed by atoms with Crippen LogP contribution in [0.5, 0.6) is 0 Å². The van der Waals surface area contributed by atoms with Gasteiger partial charge in [0, 0.05) is 6.20 Å². The molecule has 1 rings (SSSR count). The smallest absolute Gasteiger partial charge is 0.147 e. The Morgan fingerprint density at radius 1 is 1.64 bits per heavy atom. The number of halogens is 1. The van der Waals surface area contributed by atoms with Crippen molar-refractivity contribution in [2.45, 2.75) is 19.4 Å². The second-order valence-corrected chi connectivity index (χ2v) is 3.96. The molecule has 0 aliphatic carbocycles. The maximum atomic E-state index is 11.2. The number of nitrogens with zero attached hydrogens (tertiary/aromatic N) is 1. The van der Waals surface area contributed by atoms with Gasteiger partial charge in [-0.3, -0.25) is 4.79 Å². The first kappa shape index (κ1) is 11.3. The van der Waals surface area contributed by atoms with E-state index in [1.165, 1.54) is 0 Å². The summed E-state index contributed by atoms with van der Waals surface area (Å²) in [7, 11) is 1.79. The number of hydrogen-bond donors (Lipinski definition) is 1. The maximum Gasteiger partial charge on any atom is 0.147 e. The minimum absolute atomic E-state index is 0.113. The average molecular weight is 257 g/mol. The molecule has 0 amide bonds. The highest BCUT2D eigenvalue weighted by molar-refractivity contribution is 9.10. The van der Waals surface area contributed by atoms with Crippen LogP contribution in [0.2, 0.25) is 0 Å². The van der Waals surface area contributed by atoms with Crippen LogP contribution in [0.1, 0.15) is 12.5 Å². The Bertz CT molecular complexity index is 310. The predicted molar refractivity (Wildman–Crippen MR) is 59.2 cm³/mol. The Hall–Kier alpha value is -0.740. The summed E-state index contributed by atoms with van der Waals surface area (Å²) in [4.78, 5) is 15.3. The molecule has 1 heterocycles. The van der Waals surface area contributed by atoms with Crippen LogP contribution < -0.4 is 5.32 Å². The zero-order valence-electron chi connectivity index (χ0n) is 8.25. The molecule has 1 aromatic heterocycles. The second-order valence-electron chi connectivity index (χ2n) is 3.15. The zero-order chi connectivity index (χ0) is 10.6. The monoisotopic (exact) mass is 256 g/mol. The average Bonchev–Trinajstić information content (AvgIpc) is 2.16. The Morgan fingerprint density at radius 3 is 2.79 bits per heavy atom. The van der Waals surface area contributed by atoms with Crippen LogP contribution in [-0.2, 0) is 11.2 Å². The first-order valence-corrected chi connectivity index (χ1v) is 5.21. The number of carbonyl (C=O) groups excluding carboxylic acids is 1. The van der Waals surface area contributed by atoms with Gasteiger partial charge in [0.2, 0.25) is 0 Å². The minimum atomic E-state index is -0.113. The van der Waals surface area contributed by atoms with Gasteiger partial charge in [0.05, 0.1) is 6.04 Å². The number of likely N-dealkylation sites (N-methyl/N-ethyl adjacent to an activating group) is 1. The number of nitrogens with one attached hydrogen (secondary N) is 1. The van der Waals surface area contributed by atoms with E-state index in [0.717, 1.165) is 10.2 Å². The number of carbonyl (C=O) groups is 1. The van der Waals surface area contributed by atoms with Crippen LogP contribution >= 0.6 is 15.9 Å². The molecule has 0 saturated carbocycles. The van der Waals surface area contributed by atoms with Crippen molar-refractivity contribution in [3.63, 3.8) is 0 Å². The lowest BCUT2D eigenvalue weighted by molar-refractivity contribution is -0.118. The summed E-state index contributed by atoms with van der Waals surface area (Å²) in [6.07, 6.45) is 2.46. The molecule has 0 unspecified atom stereocenters. The summed E-state index contributed by atoms with van der Waals surface area (Å²) >= 11 is 3.26. The molecule has 1 aromatic rings. The first-order chi connectivity index (χ1) is 6.63. The molecular weight excluding hydrogens is 244 g/mol. The van der Waals surface area contributed by atoms with Crippen molar-refractivity contribution in [1.82, 2.24) is 10.3 Å². The molecule has 0 radical (unpaired) electrons. The number of pyridine rings is 1. The molecule has 0 fully saturated rings. The molecule has 0 saturated heterocycles. The highest BCUT2D eigenvalue weighted by Crippen LogP contribution is 2.08. The van der Waals surface area contributed by atoms with Crippen LogP contribution in [-0.4, -0.2) is 23.9 Å². The fraction of sp³-hybridized carbons (Fsp3) is 0.400. The molecule has 1 atom stereocenters. The summed E-state index contributed by atoms with van der Waals surface area (Å²) in [5.74, 6) is 0.149. The van der Waals surface area contributed by atoms with E-state index in [1.54, 1.807) is 20.2 Å². The van der Waals surface area contributed by atoms with Gasteiger partial charge in [-0.2, -0.15) is 0 Å². The predicted octanol–water partition coefficient (Wildman–Crippen LogP) is 1.56. The highest BCUT2D eigenvalue weighted by atomic mass is 79.9. The Balaban J connectivity index is 2.67.